The maximum Gasteiger partial charge on any atom is 0.257 e. The molecule has 134 valence electrons. The van der Waals surface area contributed by atoms with E-state index in [1.807, 2.05) is 6.07 Å². The third-order valence-corrected chi connectivity index (χ3v) is 4.48. The highest BCUT2D eigenvalue weighted by atomic mass is 32.1. The van der Waals surface area contributed by atoms with Gasteiger partial charge >= 0.3 is 0 Å². The van der Waals surface area contributed by atoms with Crippen molar-refractivity contribution in [2.24, 2.45) is 0 Å². The van der Waals surface area contributed by atoms with Crippen LogP contribution in [0.15, 0.2) is 36.4 Å². The smallest absolute Gasteiger partial charge is 0.257 e. The van der Waals surface area contributed by atoms with Gasteiger partial charge in [-0.05, 0) is 30.3 Å². The number of nitrogens with one attached hydrogen (secondary N) is 2. The Morgan fingerprint density at radius 3 is 2.31 bits per heavy atom. The van der Waals surface area contributed by atoms with Crippen LogP contribution in [0.4, 0.5) is 10.8 Å². The fourth-order valence-corrected chi connectivity index (χ4v) is 3.27. The van der Waals surface area contributed by atoms with E-state index in [0.29, 0.717) is 27.9 Å². The predicted octanol–water partition coefficient (Wildman–Crippen LogP) is 3.52. The van der Waals surface area contributed by atoms with Crippen LogP contribution in [0.2, 0.25) is 0 Å². The number of nitrogens with zero attached hydrogens (tertiary/aromatic N) is 1. The van der Waals surface area contributed by atoms with E-state index in [1.165, 1.54) is 32.5 Å². The minimum atomic E-state index is -0.316. The predicted molar refractivity (Wildman–Crippen MR) is 101 cm³/mol. The Bertz CT molecular complexity index is 961. The van der Waals surface area contributed by atoms with Gasteiger partial charge in [0.2, 0.25) is 5.91 Å². The summed E-state index contributed by atoms with van der Waals surface area (Å²) >= 11 is 1.32. The van der Waals surface area contributed by atoms with Gasteiger partial charge in [0.05, 0.1) is 24.4 Å². The molecule has 8 heteroatoms. The van der Waals surface area contributed by atoms with E-state index in [1.54, 1.807) is 30.3 Å². The van der Waals surface area contributed by atoms with E-state index in [4.69, 9.17) is 9.47 Å². The molecular formula is C18H17N3O4S. The van der Waals surface area contributed by atoms with Gasteiger partial charge < -0.3 is 14.8 Å². The van der Waals surface area contributed by atoms with Crippen molar-refractivity contribution in [1.82, 2.24) is 4.98 Å². The number of benzene rings is 2. The molecule has 0 aliphatic carbocycles. The van der Waals surface area contributed by atoms with Gasteiger partial charge in [0.25, 0.3) is 5.91 Å². The first-order chi connectivity index (χ1) is 12.5. The molecule has 0 bridgehead atoms. The minimum absolute atomic E-state index is 0.144. The summed E-state index contributed by atoms with van der Waals surface area (Å²) in [4.78, 5) is 28.1. The van der Waals surface area contributed by atoms with Gasteiger partial charge in [-0.15, -0.1) is 0 Å². The van der Waals surface area contributed by atoms with Gasteiger partial charge in [0.1, 0.15) is 11.5 Å². The fourth-order valence-electron chi connectivity index (χ4n) is 2.37. The highest BCUT2D eigenvalue weighted by Crippen LogP contribution is 2.29. The van der Waals surface area contributed by atoms with Gasteiger partial charge in [-0.25, -0.2) is 4.98 Å². The summed E-state index contributed by atoms with van der Waals surface area (Å²) in [6.45, 7) is 1.45. The van der Waals surface area contributed by atoms with Crippen molar-refractivity contribution in [1.29, 1.82) is 0 Å². The van der Waals surface area contributed by atoms with Crippen molar-refractivity contribution in [3.8, 4) is 11.5 Å². The van der Waals surface area contributed by atoms with Crippen LogP contribution in [-0.2, 0) is 4.79 Å². The van der Waals surface area contributed by atoms with Crippen LogP contribution in [0.5, 0.6) is 11.5 Å². The van der Waals surface area contributed by atoms with Crippen molar-refractivity contribution < 1.29 is 19.1 Å². The first-order valence-corrected chi connectivity index (χ1v) is 8.53. The molecule has 0 spiro atoms. The molecule has 1 heterocycles. The zero-order valence-corrected chi connectivity index (χ0v) is 15.3. The molecule has 0 aliphatic heterocycles. The molecule has 3 aromatic rings. The lowest BCUT2D eigenvalue weighted by Gasteiger charge is -2.07. The number of fused-ring (bicyclic) bond motifs is 1. The molecule has 1 aromatic heterocycles. The first kappa shape index (κ1) is 17.7. The van der Waals surface area contributed by atoms with Crippen LogP contribution >= 0.6 is 11.3 Å². The molecule has 2 aromatic carbocycles. The Balaban J connectivity index is 1.84. The van der Waals surface area contributed by atoms with Crippen molar-refractivity contribution in [3.05, 3.63) is 42.0 Å². The number of methoxy groups -OCH3 is 2. The van der Waals surface area contributed by atoms with Crippen molar-refractivity contribution in [2.75, 3.05) is 24.9 Å². The van der Waals surface area contributed by atoms with E-state index < -0.39 is 0 Å². The molecule has 0 fully saturated rings. The number of amides is 2. The van der Waals surface area contributed by atoms with Crippen LogP contribution in [-0.4, -0.2) is 31.0 Å². The summed E-state index contributed by atoms with van der Waals surface area (Å²) in [7, 11) is 3.05. The lowest BCUT2D eigenvalue weighted by Crippen LogP contribution is -2.12. The number of hydrogen-bond donors (Lipinski definition) is 2. The second-order valence-electron chi connectivity index (χ2n) is 5.44. The number of ether oxygens (including phenoxy) is 2. The number of anilines is 2. The Hall–Kier alpha value is -3.13. The first-order valence-electron chi connectivity index (χ1n) is 7.71. The molecule has 0 unspecified atom stereocenters. The highest BCUT2D eigenvalue weighted by Gasteiger charge is 2.13. The zero-order chi connectivity index (χ0) is 18.7. The van der Waals surface area contributed by atoms with E-state index >= 15 is 0 Å². The molecule has 0 saturated carbocycles. The summed E-state index contributed by atoms with van der Waals surface area (Å²) in [6, 6.07) is 10.3. The van der Waals surface area contributed by atoms with Crippen LogP contribution in [0, 0.1) is 0 Å². The van der Waals surface area contributed by atoms with E-state index in [-0.39, 0.29) is 11.8 Å². The van der Waals surface area contributed by atoms with Gasteiger partial charge in [0, 0.05) is 24.2 Å². The quantitative estimate of drug-likeness (QED) is 0.716. The average molecular weight is 371 g/mol. The van der Waals surface area contributed by atoms with Gasteiger partial charge in [-0.2, -0.15) is 0 Å². The number of aromatic nitrogens is 1. The van der Waals surface area contributed by atoms with Crippen molar-refractivity contribution in [3.63, 3.8) is 0 Å². The number of thiazole rings is 1. The average Bonchev–Trinajstić information content (AvgIpc) is 3.02. The third kappa shape index (κ3) is 3.92. The third-order valence-electron chi connectivity index (χ3n) is 3.54. The summed E-state index contributed by atoms with van der Waals surface area (Å²) in [5.74, 6) is 0.593. The van der Waals surface area contributed by atoms with Gasteiger partial charge in [-0.3, -0.25) is 14.9 Å². The molecular weight excluding hydrogens is 354 g/mol. The highest BCUT2D eigenvalue weighted by molar-refractivity contribution is 7.22. The molecule has 3 rings (SSSR count). The van der Waals surface area contributed by atoms with E-state index in [0.717, 1.165) is 10.2 Å². The Labute approximate surface area is 154 Å². The van der Waals surface area contributed by atoms with E-state index in [9.17, 15) is 9.59 Å². The number of carbonyl (C=O) groups is 2. The van der Waals surface area contributed by atoms with Gasteiger partial charge in [-0.1, -0.05) is 11.3 Å². The normalized spacial score (nSPS) is 10.4. The maximum atomic E-state index is 12.5. The second kappa shape index (κ2) is 7.40. The molecule has 7 nitrogen and oxygen atoms in total. The molecule has 0 radical (unpaired) electrons. The largest absolute Gasteiger partial charge is 0.497 e. The zero-order valence-electron chi connectivity index (χ0n) is 14.5. The molecule has 26 heavy (non-hydrogen) atoms. The SMILES string of the molecule is COc1cc(OC)cc(C(=O)Nc2nc3ccc(NC(C)=O)cc3s2)c1. The summed E-state index contributed by atoms with van der Waals surface area (Å²) in [5.41, 5.74) is 1.83. The van der Waals surface area contributed by atoms with Gasteiger partial charge in [0.15, 0.2) is 5.13 Å². The van der Waals surface area contributed by atoms with Crippen LogP contribution in [0.25, 0.3) is 10.2 Å². The number of rotatable bonds is 5. The lowest BCUT2D eigenvalue weighted by atomic mass is 10.2. The number of hydrogen-bond acceptors (Lipinski definition) is 6. The molecule has 2 N–H and O–H groups in total. The van der Waals surface area contributed by atoms with Crippen LogP contribution in [0.1, 0.15) is 17.3 Å². The molecule has 0 aliphatic rings. The molecule has 2 amide bonds. The minimum Gasteiger partial charge on any atom is -0.497 e. The van der Waals surface area contributed by atoms with E-state index in [2.05, 4.69) is 15.6 Å². The Morgan fingerprint density at radius 2 is 1.69 bits per heavy atom. The Morgan fingerprint density at radius 1 is 1.00 bits per heavy atom. The van der Waals surface area contributed by atoms with Crippen LogP contribution in [0.3, 0.4) is 0 Å². The standard InChI is InChI=1S/C18H17N3O4S/c1-10(22)19-12-4-5-15-16(8-12)26-18(20-15)21-17(23)11-6-13(24-2)9-14(7-11)25-3/h4-9H,1-3H3,(H,19,22)(H,20,21,23). The number of carbonyl (C=O) groups excluding carboxylic acids is 2. The molecule has 0 saturated heterocycles. The topological polar surface area (TPSA) is 89.6 Å². The second-order valence-corrected chi connectivity index (χ2v) is 6.47. The molecule has 0 atom stereocenters. The monoisotopic (exact) mass is 371 g/mol. The summed E-state index contributed by atoms with van der Waals surface area (Å²) in [5, 5.41) is 5.97. The maximum absolute atomic E-state index is 12.5. The van der Waals surface area contributed by atoms with Crippen molar-refractivity contribution >= 4 is 44.2 Å². The summed E-state index contributed by atoms with van der Waals surface area (Å²) in [6.07, 6.45) is 0. The Kier molecular flexibility index (Phi) is 5.04. The fraction of sp³-hybridized carbons (Fsp3) is 0.167. The van der Waals surface area contributed by atoms with Crippen molar-refractivity contribution in [2.45, 2.75) is 6.92 Å². The lowest BCUT2D eigenvalue weighted by molar-refractivity contribution is -0.114. The van der Waals surface area contributed by atoms with Crippen LogP contribution < -0.4 is 20.1 Å². The summed E-state index contributed by atoms with van der Waals surface area (Å²) < 4.78 is 11.2.